The molecule has 2 aromatic rings. The SMILES string of the molecule is COc1cc(NCc2cc(F)c(F)cc2F)c(Br)cc1Br. The number of ether oxygens (including phenoxy) is 1. The second kappa shape index (κ2) is 6.70. The minimum atomic E-state index is -1.21. The molecule has 0 bridgehead atoms. The molecular formula is C14H10Br2F3NO. The van der Waals surface area contributed by atoms with Gasteiger partial charge in [-0.3, -0.25) is 0 Å². The third-order valence-electron chi connectivity index (χ3n) is 2.80. The number of hydrogen-bond donors (Lipinski definition) is 1. The molecule has 0 radical (unpaired) electrons. The molecule has 0 aliphatic carbocycles. The molecule has 0 atom stereocenters. The second-order valence-electron chi connectivity index (χ2n) is 4.18. The standard InChI is InChI=1S/C14H10Br2F3NO/c1-21-14-5-13(8(15)3-9(14)16)20-6-7-2-11(18)12(19)4-10(7)17/h2-5,20H,6H2,1H3. The van der Waals surface area contributed by atoms with Crippen LogP contribution in [-0.2, 0) is 6.54 Å². The number of nitrogens with one attached hydrogen (secondary N) is 1. The Labute approximate surface area is 136 Å². The fraction of sp³-hybridized carbons (Fsp3) is 0.143. The average Bonchev–Trinajstić information content (AvgIpc) is 2.43. The lowest BCUT2D eigenvalue weighted by Crippen LogP contribution is -2.04. The number of anilines is 1. The molecule has 0 amide bonds. The van der Waals surface area contributed by atoms with Crippen LogP contribution in [0.3, 0.4) is 0 Å². The molecule has 0 fully saturated rings. The number of benzene rings is 2. The van der Waals surface area contributed by atoms with Crippen LogP contribution in [0, 0.1) is 17.5 Å². The second-order valence-corrected chi connectivity index (χ2v) is 5.89. The molecule has 2 nitrogen and oxygen atoms in total. The summed E-state index contributed by atoms with van der Waals surface area (Å²) >= 11 is 6.69. The first kappa shape index (κ1) is 16.2. The number of halogens is 5. The summed E-state index contributed by atoms with van der Waals surface area (Å²) in [6.45, 7) is 0.00637. The Hall–Kier alpha value is -1.21. The van der Waals surface area contributed by atoms with Crippen molar-refractivity contribution in [2.75, 3.05) is 12.4 Å². The highest BCUT2D eigenvalue weighted by Gasteiger charge is 2.11. The summed E-state index contributed by atoms with van der Waals surface area (Å²) in [5, 5.41) is 2.94. The summed E-state index contributed by atoms with van der Waals surface area (Å²) in [5.41, 5.74) is 0.668. The van der Waals surface area contributed by atoms with Crippen LogP contribution in [0.2, 0.25) is 0 Å². The van der Waals surface area contributed by atoms with Crippen molar-refractivity contribution in [3.8, 4) is 5.75 Å². The van der Waals surface area contributed by atoms with E-state index < -0.39 is 17.5 Å². The molecule has 0 heterocycles. The van der Waals surface area contributed by atoms with Gasteiger partial charge >= 0.3 is 0 Å². The van der Waals surface area contributed by atoms with Crippen LogP contribution in [-0.4, -0.2) is 7.11 Å². The smallest absolute Gasteiger partial charge is 0.161 e. The van der Waals surface area contributed by atoms with Crippen molar-refractivity contribution in [3.63, 3.8) is 0 Å². The minimum absolute atomic E-state index is 0.00637. The molecule has 0 aromatic heterocycles. The zero-order chi connectivity index (χ0) is 15.6. The zero-order valence-electron chi connectivity index (χ0n) is 10.8. The molecule has 2 aromatic carbocycles. The van der Waals surface area contributed by atoms with E-state index in [0.717, 1.165) is 15.0 Å². The molecule has 2 rings (SSSR count). The summed E-state index contributed by atoms with van der Waals surface area (Å²) in [4.78, 5) is 0. The first-order valence-corrected chi connectivity index (χ1v) is 7.41. The van der Waals surface area contributed by atoms with Gasteiger partial charge in [0.15, 0.2) is 11.6 Å². The molecule has 7 heteroatoms. The van der Waals surface area contributed by atoms with Gasteiger partial charge in [-0.05, 0) is 44.0 Å². The molecule has 21 heavy (non-hydrogen) atoms. The monoisotopic (exact) mass is 423 g/mol. The van der Waals surface area contributed by atoms with Crippen molar-refractivity contribution >= 4 is 37.5 Å². The van der Waals surface area contributed by atoms with Crippen LogP contribution in [0.25, 0.3) is 0 Å². The highest BCUT2D eigenvalue weighted by Crippen LogP contribution is 2.34. The Morgan fingerprint density at radius 3 is 2.29 bits per heavy atom. The maximum atomic E-state index is 13.6. The van der Waals surface area contributed by atoms with Crippen LogP contribution in [0.4, 0.5) is 18.9 Å². The van der Waals surface area contributed by atoms with Gasteiger partial charge in [0.1, 0.15) is 11.6 Å². The normalized spacial score (nSPS) is 10.6. The van der Waals surface area contributed by atoms with E-state index in [1.54, 1.807) is 12.1 Å². The van der Waals surface area contributed by atoms with Gasteiger partial charge in [-0.1, -0.05) is 0 Å². The largest absolute Gasteiger partial charge is 0.495 e. The highest BCUT2D eigenvalue weighted by molar-refractivity contribution is 9.11. The van der Waals surface area contributed by atoms with Crippen molar-refractivity contribution in [1.82, 2.24) is 0 Å². The predicted octanol–water partition coefficient (Wildman–Crippen LogP) is 5.25. The fourth-order valence-corrected chi connectivity index (χ4v) is 3.01. The van der Waals surface area contributed by atoms with E-state index in [9.17, 15) is 13.2 Å². The number of rotatable bonds is 4. The lowest BCUT2D eigenvalue weighted by molar-refractivity contribution is 0.412. The summed E-state index contributed by atoms with van der Waals surface area (Å²) in [7, 11) is 1.52. The Bertz CT molecular complexity index is 680. The van der Waals surface area contributed by atoms with Crippen LogP contribution in [0.5, 0.6) is 5.75 Å². The summed E-state index contributed by atoms with van der Waals surface area (Å²) in [6, 6.07) is 4.83. The summed E-state index contributed by atoms with van der Waals surface area (Å²) in [5.74, 6) is -2.50. The molecule has 1 N–H and O–H groups in total. The lowest BCUT2D eigenvalue weighted by Gasteiger charge is -2.12. The van der Waals surface area contributed by atoms with E-state index in [0.29, 0.717) is 17.5 Å². The maximum Gasteiger partial charge on any atom is 0.161 e. The third kappa shape index (κ3) is 3.71. The highest BCUT2D eigenvalue weighted by atomic mass is 79.9. The summed E-state index contributed by atoms with van der Waals surface area (Å²) in [6.07, 6.45) is 0. The lowest BCUT2D eigenvalue weighted by atomic mass is 10.2. The van der Waals surface area contributed by atoms with Crippen molar-refractivity contribution < 1.29 is 17.9 Å². The van der Waals surface area contributed by atoms with Crippen molar-refractivity contribution in [2.24, 2.45) is 0 Å². The molecule has 0 saturated heterocycles. The summed E-state index contributed by atoms with van der Waals surface area (Å²) < 4.78 is 46.2. The maximum absolute atomic E-state index is 13.6. The average molecular weight is 425 g/mol. The van der Waals surface area contributed by atoms with Gasteiger partial charge in [0, 0.05) is 28.7 Å². The van der Waals surface area contributed by atoms with Crippen molar-refractivity contribution in [1.29, 1.82) is 0 Å². The Morgan fingerprint density at radius 2 is 1.62 bits per heavy atom. The van der Waals surface area contributed by atoms with Gasteiger partial charge < -0.3 is 10.1 Å². The van der Waals surface area contributed by atoms with E-state index in [4.69, 9.17) is 4.74 Å². The van der Waals surface area contributed by atoms with Gasteiger partial charge in [-0.25, -0.2) is 13.2 Å². The van der Waals surface area contributed by atoms with Gasteiger partial charge in [-0.15, -0.1) is 0 Å². The quantitative estimate of drug-likeness (QED) is 0.677. The van der Waals surface area contributed by atoms with Crippen LogP contribution in [0.1, 0.15) is 5.56 Å². The first-order valence-electron chi connectivity index (χ1n) is 5.82. The van der Waals surface area contributed by atoms with E-state index in [1.165, 1.54) is 7.11 Å². The molecular weight excluding hydrogens is 415 g/mol. The zero-order valence-corrected chi connectivity index (χ0v) is 14.0. The van der Waals surface area contributed by atoms with E-state index >= 15 is 0 Å². The van der Waals surface area contributed by atoms with Gasteiger partial charge in [0.2, 0.25) is 0 Å². The minimum Gasteiger partial charge on any atom is -0.495 e. The van der Waals surface area contributed by atoms with E-state index in [2.05, 4.69) is 37.2 Å². The van der Waals surface area contributed by atoms with Crippen LogP contribution >= 0.6 is 31.9 Å². The Balaban J connectivity index is 2.22. The third-order valence-corrected chi connectivity index (χ3v) is 4.08. The topological polar surface area (TPSA) is 21.3 Å². The Morgan fingerprint density at radius 1 is 0.952 bits per heavy atom. The fourth-order valence-electron chi connectivity index (χ4n) is 1.71. The number of hydrogen-bond acceptors (Lipinski definition) is 2. The molecule has 0 spiro atoms. The van der Waals surface area contributed by atoms with Gasteiger partial charge in [-0.2, -0.15) is 0 Å². The predicted molar refractivity (Wildman–Crippen MR) is 82.0 cm³/mol. The van der Waals surface area contributed by atoms with E-state index in [-0.39, 0.29) is 12.1 Å². The van der Waals surface area contributed by atoms with Crippen LogP contribution < -0.4 is 10.1 Å². The van der Waals surface area contributed by atoms with Crippen molar-refractivity contribution in [2.45, 2.75) is 6.54 Å². The Kier molecular flexibility index (Phi) is 5.16. The molecule has 0 saturated carbocycles. The van der Waals surface area contributed by atoms with Crippen molar-refractivity contribution in [3.05, 3.63) is 56.2 Å². The molecule has 112 valence electrons. The first-order chi connectivity index (χ1) is 9.92. The van der Waals surface area contributed by atoms with E-state index in [1.807, 2.05) is 0 Å². The molecule has 0 unspecified atom stereocenters. The molecule has 0 aliphatic heterocycles. The van der Waals surface area contributed by atoms with Gasteiger partial charge in [0.25, 0.3) is 0 Å². The number of methoxy groups -OCH3 is 1. The van der Waals surface area contributed by atoms with Crippen LogP contribution in [0.15, 0.2) is 33.2 Å². The van der Waals surface area contributed by atoms with Gasteiger partial charge in [0.05, 0.1) is 17.3 Å². The molecule has 0 aliphatic rings.